The first-order valence-electron chi connectivity index (χ1n) is 5.24. The number of aliphatic hydroxyl groups is 1. The van der Waals surface area contributed by atoms with Gasteiger partial charge in [0.05, 0.1) is 19.8 Å². The van der Waals surface area contributed by atoms with Crippen molar-refractivity contribution in [1.82, 2.24) is 4.57 Å². The average Bonchev–Trinajstić information content (AvgIpc) is 2.67. The van der Waals surface area contributed by atoms with E-state index >= 15 is 0 Å². The van der Waals surface area contributed by atoms with E-state index in [9.17, 15) is 0 Å². The van der Waals surface area contributed by atoms with Crippen molar-refractivity contribution in [2.45, 2.75) is 6.54 Å². The second-order valence-electron chi connectivity index (χ2n) is 3.55. The van der Waals surface area contributed by atoms with Crippen LogP contribution in [0.1, 0.15) is 0 Å². The van der Waals surface area contributed by atoms with Crippen LogP contribution in [0.15, 0.2) is 30.5 Å². The summed E-state index contributed by atoms with van der Waals surface area (Å²) in [5, 5.41) is 10.5. The highest BCUT2D eigenvalue weighted by Gasteiger charge is 2.01. The Balaban J connectivity index is 2.09. The summed E-state index contributed by atoms with van der Waals surface area (Å²) in [6.45, 7) is 1.82. The largest absolute Gasteiger partial charge is 0.394 e. The number of hydrogen-bond donors (Lipinski definition) is 1. The highest BCUT2D eigenvalue weighted by Crippen LogP contribution is 2.20. The molecule has 4 heteroatoms. The first kappa shape index (κ1) is 11.5. The van der Waals surface area contributed by atoms with E-state index in [0.29, 0.717) is 13.2 Å². The molecule has 1 N–H and O–H groups in total. The van der Waals surface area contributed by atoms with Gasteiger partial charge in [-0.2, -0.15) is 0 Å². The standard InChI is InChI=1S/C12H14ClNO2/c13-11-2-1-10-3-4-14(12(10)9-11)5-7-16-8-6-15/h1-4,9,15H,5-8H2. The van der Waals surface area contributed by atoms with Crippen molar-refractivity contribution in [1.29, 1.82) is 0 Å². The maximum Gasteiger partial charge on any atom is 0.0698 e. The number of ether oxygens (including phenoxy) is 1. The van der Waals surface area contributed by atoms with Crippen molar-refractivity contribution in [3.05, 3.63) is 35.5 Å². The van der Waals surface area contributed by atoms with Crippen LogP contribution < -0.4 is 0 Å². The van der Waals surface area contributed by atoms with Gasteiger partial charge >= 0.3 is 0 Å². The molecule has 0 amide bonds. The number of aliphatic hydroxyl groups excluding tert-OH is 1. The van der Waals surface area contributed by atoms with Gasteiger partial charge in [0.1, 0.15) is 0 Å². The molecule has 2 rings (SSSR count). The topological polar surface area (TPSA) is 34.4 Å². The van der Waals surface area contributed by atoms with E-state index in [-0.39, 0.29) is 6.61 Å². The van der Waals surface area contributed by atoms with E-state index in [4.69, 9.17) is 21.4 Å². The van der Waals surface area contributed by atoms with Gasteiger partial charge in [-0.3, -0.25) is 0 Å². The number of hydrogen-bond acceptors (Lipinski definition) is 2. The molecule has 1 aromatic heterocycles. The summed E-state index contributed by atoms with van der Waals surface area (Å²) in [6.07, 6.45) is 2.02. The summed E-state index contributed by atoms with van der Waals surface area (Å²) in [5.74, 6) is 0. The van der Waals surface area contributed by atoms with Crippen molar-refractivity contribution in [3.8, 4) is 0 Å². The Morgan fingerprint density at radius 1 is 1.25 bits per heavy atom. The Labute approximate surface area is 99.2 Å². The molecule has 0 spiro atoms. The van der Waals surface area contributed by atoms with Crippen LogP contribution in [0.25, 0.3) is 10.9 Å². The van der Waals surface area contributed by atoms with E-state index in [1.54, 1.807) is 0 Å². The molecule has 0 atom stereocenters. The number of rotatable bonds is 5. The lowest BCUT2D eigenvalue weighted by Gasteiger charge is -2.06. The number of nitrogens with zero attached hydrogens (tertiary/aromatic N) is 1. The molecule has 16 heavy (non-hydrogen) atoms. The second kappa shape index (κ2) is 5.34. The third-order valence-electron chi connectivity index (χ3n) is 2.45. The molecule has 0 aliphatic heterocycles. The van der Waals surface area contributed by atoms with Gasteiger partial charge in [0.2, 0.25) is 0 Å². The van der Waals surface area contributed by atoms with Gasteiger partial charge in [-0.05, 0) is 23.6 Å². The smallest absolute Gasteiger partial charge is 0.0698 e. The van der Waals surface area contributed by atoms with Gasteiger partial charge < -0.3 is 14.4 Å². The highest BCUT2D eigenvalue weighted by molar-refractivity contribution is 6.31. The lowest BCUT2D eigenvalue weighted by molar-refractivity contribution is 0.0875. The summed E-state index contributed by atoms with van der Waals surface area (Å²) in [4.78, 5) is 0. The molecule has 0 bridgehead atoms. The summed E-state index contributed by atoms with van der Waals surface area (Å²) in [5.41, 5.74) is 1.11. The quantitative estimate of drug-likeness (QED) is 0.813. The third kappa shape index (κ3) is 2.55. The fourth-order valence-electron chi connectivity index (χ4n) is 1.68. The maximum atomic E-state index is 8.58. The SMILES string of the molecule is OCCOCCn1ccc2ccc(Cl)cc21. The molecule has 1 aromatic carbocycles. The van der Waals surface area contributed by atoms with Crippen LogP contribution in [-0.4, -0.2) is 29.5 Å². The Bertz CT molecular complexity index is 467. The van der Waals surface area contributed by atoms with Crippen LogP contribution in [0.5, 0.6) is 0 Å². The van der Waals surface area contributed by atoms with E-state index in [2.05, 4.69) is 10.6 Å². The van der Waals surface area contributed by atoms with E-state index in [0.717, 1.165) is 17.1 Å². The number of halogens is 1. The van der Waals surface area contributed by atoms with Crippen molar-refractivity contribution in [2.75, 3.05) is 19.8 Å². The average molecular weight is 240 g/mol. The summed E-state index contributed by atoms with van der Waals surface area (Å²) < 4.78 is 7.33. The Morgan fingerprint density at radius 3 is 2.94 bits per heavy atom. The minimum absolute atomic E-state index is 0.0677. The van der Waals surface area contributed by atoms with Crippen LogP contribution in [0.3, 0.4) is 0 Å². The normalized spacial score (nSPS) is 11.1. The number of benzene rings is 1. The van der Waals surface area contributed by atoms with E-state index in [1.807, 2.05) is 24.4 Å². The van der Waals surface area contributed by atoms with Crippen molar-refractivity contribution < 1.29 is 9.84 Å². The predicted octanol–water partition coefficient (Wildman–Crippen LogP) is 2.30. The third-order valence-corrected chi connectivity index (χ3v) is 2.68. The molecular weight excluding hydrogens is 226 g/mol. The number of fused-ring (bicyclic) bond motifs is 1. The molecule has 0 unspecified atom stereocenters. The zero-order valence-electron chi connectivity index (χ0n) is 8.90. The van der Waals surface area contributed by atoms with Crippen molar-refractivity contribution in [2.24, 2.45) is 0 Å². The highest BCUT2D eigenvalue weighted by atomic mass is 35.5. The predicted molar refractivity (Wildman–Crippen MR) is 64.9 cm³/mol. The van der Waals surface area contributed by atoms with Gasteiger partial charge in [0, 0.05) is 23.3 Å². The monoisotopic (exact) mass is 239 g/mol. The van der Waals surface area contributed by atoms with Crippen LogP contribution in [0.4, 0.5) is 0 Å². The van der Waals surface area contributed by atoms with Gasteiger partial charge in [-0.25, -0.2) is 0 Å². The fraction of sp³-hybridized carbons (Fsp3) is 0.333. The molecule has 0 saturated heterocycles. The van der Waals surface area contributed by atoms with Gasteiger partial charge in [-0.1, -0.05) is 17.7 Å². The number of aromatic nitrogens is 1. The molecule has 0 fully saturated rings. The van der Waals surface area contributed by atoms with Gasteiger partial charge in [-0.15, -0.1) is 0 Å². The van der Waals surface area contributed by atoms with Crippen molar-refractivity contribution >= 4 is 22.5 Å². The Hall–Kier alpha value is -1.03. The molecule has 0 aliphatic carbocycles. The zero-order chi connectivity index (χ0) is 11.4. The molecule has 2 aromatic rings. The molecule has 1 heterocycles. The van der Waals surface area contributed by atoms with Crippen molar-refractivity contribution in [3.63, 3.8) is 0 Å². The maximum absolute atomic E-state index is 8.58. The summed E-state index contributed by atoms with van der Waals surface area (Å²) in [6, 6.07) is 7.89. The molecule has 3 nitrogen and oxygen atoms in total. The molecule has 0 radical (unpaired) electrons. The first-order chi connectivity index (χ1) is 7.81. The molecule has 0 aliphatic rings. The Morgan fingerprint density at radius 2 is 2.12 bits per heavy atom. The minimum Gasteiger partial charge on any atom is -0.394 e. The van der Waals surface area contributed by atoms with Crippen LogP contribution >= 0.6 is 11.6 Å². The lowest BCUT2D eigenvalue weighted by atomic mass is 10.2. The fourth-order valence-corrected chi connectivity index (χ4v) is 1.85. The van der Waals surface area contributed by atoms with Gasteiger partial charge in [0.25, 0.3) is 0 Å². The first-order valence-corrected chi connectivity index (χ1v) is 5.62. The van der Waals surface area contributed by atoms with Crippen LogP contribution in [0.2, 0.25) is 5.02 Å². The molecule has 0 saturated carbocycles. The van der Waals surface area contributed by atoms with Crippen LogP contribution in [0, 0.1) is 0 Å². The summed E-state index contributed by atoms with van der Waals surface area (Å²) in [7, 11) is 0. The lowest BCUT2D eigenvalue weighted by Crippen LogP contribution is -2.07. The van der Waals surface area contributed by atoms with E-state index in [1.165, 1.54) is 5.39 Å². The summed E-state index contributed by atoms with van der Waals surface area (Å²) >= 11 is 5.95. The Kier molecular flexibility index (Phi) is 3.83. The second-order valence-corrected chi connectivity index (χ2v) is 3.98. The molecular formula is C12H14ClNO2. The van der Waals surface area contributed by atoms with E-state index < -0.39 is 0 Å². The molecule has 86 valence electrons. The van der Waals surface area contributed by atoms with Crippen LogP contribution in [-0.2, 0) is 11.3 Å². The minimum atomic E-state index is 0.0677. The zero-order valence-corrected chi connectivity index (χ0v) is 9.65. The van der Waals surface area contributed by atoms with Gasteiger partial charge in [0.15, 0.2) is 0 Å².